The SMILES string of the molecule is N[C@H]1CCCC[C@H]1Nc1nccc(Nc2ccc(-n3cnnn3)cc2)n1. The van der Waals surface area contributed by atoms with Crippen molar-refractivity contribution in [1.29, 1.82) is 0 Å². The standard InChI is InChI=1S/C17H21N9/c18-14-3-1-2-4-15(14)22-17-19-10-9-16(23-17)21-12-5-7-13(8-6-12)26-11-20-24-25-26/h5-11,14-15H,1-4,18H2,(H2,19,21,22,23)/t14-,15+/m0/s1. The molecule has 0 unspecified atom stereocenters. The first-order valence-corrected chi connectivity index (χ1v) is 8.73. The molecule has 0 aliphatic heterocycles. The van der Waals surface area contributed by atoms with Crippen LogP contribution in [-0.4, -0.2) is 42.3 Å². The molecule has 0 radical (unpaired) electrons. The molecule has 1 fully saturated rings. The lowest BCUT2D eigenvalue weighted by molar-refractivity contribution is 0.402. The lowest BCUT2D eigenvalue weighted by Gasteiger charge is -2.29. The molecule has 1 saturated carbocycles. The van der Waals surface area contributed by atoms with Gasteiger partial charge in [0.05, 0.1) is 5.69 Å². The van der Waals surface area contributed by atoms with Crippen molar-refractivity contribution in [1.82, 2.24) is 30.2 Å². The Balaban J connectivity index is 1.43. The largest absolute Gasteiger partial charge is 0.350 e. The molecule has 2 aromatic heterocycles. The number of aromatic nitrogens is 6. The van der Waals surface area contributed by atoms with Crippen molar-refractivity contribution < 1.29 is 0 Å². The molecular weight excluding hydrogens is 330 g/mol. The van der Waals surface area contributed by atoms with Gasteiger partial charge in [-0.3, -0.25) is 0 Å². The Bertz CT molecular complexity index is 832. The van der Waals surface area contributed by atoms with Gasteiger partial charge in [0.15, 0.2) is 0 Å². The topological polar surface area (TPSA) is 119 Å². The first-order chi connectivity index (χ1) is 12.8. The number of nitrogens with two attached hydrogens (primary N) is 1. The fourth-order valence-corrected chi connectivity index (χ4v) is 3.13. The number of nitrogens with one attached hydrogen (secondary N) is 2. The van der Waals surface area contributed by atoms with Crippen LogP contribution in [-0.2, 0) is 0 Å². The molecular formula is C17H21N9. The fourth-order valence-electron chi connectivity index (χ4n) is 3.13. The van der Waals surface area contributed by atoms with Gasteiger partial charge in [-0.05, 0) is 53.6 Å². The third-order valence-electron chi connectivity index (χ3n) is 4.54. The summed E-state index contributed by atoms with van der Waals surface area (Å²) in [7, 11) is 0. The molecule has 0 bridgehead atoms. The van der Waals surface area contributed by atoms with E-state index in [1.807, 2.05) is 30.3 Å². The zero-order valence-corrected chi connectivity index (χ0v) is 14.3. The molecule has 9 nitrogen and oxygen atoms in total. The van der Waals surface area contributed by atoms with Crippen LogP contribution in [0.4, 0.5) is 17.5 Å². The normalized spacial score (nSPS) is 19.9. The predicted molar refractivity (Wildman–Crippen MR) is 98.3 cm³/mol. The van der Waals surface area contributed by atoms with Gasteiger partial charge in [-0.2, -0.15) is 4.98 Å². The summed E-state index contributed by atoms with van der Waals surface area (Å²) in [4.78, 5) is 8.86. The van der Waals surface area contributed by atoms with E-state index >= 15 is 0 Å². The summed E-state index contributed by atoms with van der Waals surface area (Å²) in [6.45, 7) is 0. The van der Waals surface area contributed by atoms with Crippen LogP contribution in [0.2, 0.25) is 0 Å². The molecule has 1 aliphatic carbocycles. The molecule has 4 rings (SSSR count). The van der Waals surface area contributed by atoms with Crippen LogP contribution in [0.1, 0.15) is 25.7 Å². The molecule has 1 aromatic carbocycles. The van der Waals surface area contributed by atoms with Crippen molar-refractivity contribution in [3.8, 4) is 5.69 Å². The smallest absolute Gasteiger partial charge is 0.224 e. The Morgan fingerprint density at radius 1 is 1.08 bits per heavy atom. The summed E-state index contributed by atoms with van der Waals surface area (Å²) >= 11 is 0. The van der Waals surface area contributed by atoms with Gasteiger partial charge in [-0.1, -0.05) is 12.8 Å². The second-order valence-electron chi connectivity index (χ2n) is 6.39. The molecule has 2 atom stereocenters. The third kappa shape index (κ3) is 3.77. The van der Waals surface area contributed by atoms with Crippen LogP contribution in [0, 0.1) is 0 Å². The summed E-state index contributed by atoms with van der Waals surface area (Å²) in [5.74, 6) is 1.32. The molecule has 0 saturated heterocycles. The van der Waals surface area contributed by atoms with Crippen LogP contribution in [0.15, 0.2) is 42.9 Å². The van der Waals surface area contributed by atoms with Gasteiger partial charge < -0.3 is 16.4 Å². The predicted octanol–water partition coefficient (Wildman–Crippen LogP) is 1.88. The van der Waals surface area contributed by atoms with Crippen LogP contribution < -0.4 is 16.4 Å². The minimum absolute atomic E-state index is 0.155. The van der Waals surface area contributed by atoms with Crippen molar-refractivity contribution in [3.05, 3.63) is 42.9 Å². The van der Waals surface area contributed by atoms with Gasteiger partial charge in [0, 0.05) is 24.0 Å². The average Bonchev–Trinajstić information content (AvgIpc) is 3.19. The van der Waals surface area contributed by atoms with Gasteiger partial charge in [0.1, 0.15) is 12.1 Å². The Hall–Kier alpha value is -3.07. The van der Waals surface area contributed by atoms with Gasteiger partial charge >= 0.3 is 0 Å². The molecule has 26 heavy (non-hydrogen) atoms. The van der Waals surface area contributed by atoms with E-state index in [1.54, 1.807) is 17.2 Å². The van der Waals surface area contributed by atoms with Gasteiger partial charge in [0.25, 0.3) is 0 Å². The number of rotatable bonds is 5. The molecule has 4 N–H and O–H groups in total. The molecule has 0 amide bonds. The second kappa shape index (κ2) is 7.44. The molecule has 134 valence electrons. The van der Waals surface area contributed by atoms with Gasteiger partial charge in [-0.25, -0.2) is 9.67 Å². The van der Waals surface area contributed by atoms with Crippen LogP contribution in [0.3, 0.4) is 0 Å². The first-order valence-electron chi connectivity index (χ1n) is 8.73. The molecule has 2 heterocycles. The Labute approximate surface area is 151 Å². The van der Waals surface area contributed by atoms with Gasteiger partial charge in [0.2, 0.25) is 5.95 Å². The van der Waals surface area contributed by atoms with E-state index in [0.29, 0.717) is 5.95 Å². The highest BCUT2D eigenvalue weighted by Gasteiger charge is 2.22. The second-order valence-corrected chi connectivity index (χ2v) is 6.39. The first kappa shape index (κ1) is 16.4. The summed E-state index contributed by atoms with van der Waals surface area (Å²) in [5.41, 5.74) is 8.00. The highest BCUT2D eigenvalue weighted by Crippen LogP contribution is 2.21. The highest BCUT2D eigenvalue weighted by atomic mass is 15.5. The van der Waals surface area contributed by atoms with E-state index in [9.17, 15) is 0 Å². The van der Waals surface area contributed by atoms with E-state index in [4.69, 9.17) is 5.73 Å². The molecule has 9 heteroatoms. The maximum atomic E-state index is 6.19. The summed E-state index contributed by atoms with van der Waals surface area (Å²) in [6.07, 6.45) is 7.78. The Morgan fingerprint density at radius 2 is 1.92 bits per heavy atom. The average molecular weight is 351 g/mol. The number of hydrogen-bond acceptors (Lipinski definition) is 8. The third-order valence-corrected chi connectivity index (χ3v) is 4.54. The Morgan fingerprint density at radius 3 is 2.69 bits per heavy atom. The highest BCUT2D eigenvalue weighted by molar-refractivity contribution is 5.58. The summed E-state index contributed by atoms with van der Waals surface area (Å²) < 4.78 is 1.60. The van der Waals surface area contributed by atoms with E-state index in [-0.39, 0.29) is 12.1 Å². The summed E-state index contributed by atoms with van der Waals surface area (Å²) in [5, 5.41) is 17.8. The Kier molecular flexibility index (Phi) is 4.69. The van der Waals surface area contributed by atoms with Crippen LogP contribution in [0.5, 0.6) is 0 Å². The van der Waals surface area contributed by atoms with E-state index < -0.39 is 0 Å². The lowest BCUT2D eigenvalue weighted by atomic mass is 9.91. The number of anilines is 3. The maximum Gasteiger partial charge on any atom is 0.224 e. The van der Waals surface area contributed by atoms with Gasteiger partial charge in [-0.15, -0.1) is 5.10 Å². The quantitative estimate of drug-likeness (QED) is 0.637. The molecule has 0 spiro atoms. The monoisotopic (exact) mass is 351 g/mol. The minimum Gasteiger partial charge on any atom is -0.350 e. The summed E-state index contributed by atoms with van der Waals surface area (Å²) in [6, 6.07) is 9.98. The lowest BCUT2D eigenvalue weighted by Crippen LogP contribution is -2.42. The van der Waals surface area contributed by atoms with Crippen molar-refractivity contribution >= 4 is 17.5 Å². The fraction of sp³-hybridized carbons (Fsp3) is 0.353. The van der Waals surface area contributed by atoms with E-state index in [2.05, 4.69) is 36.1 Å². The van der Waals surface area contributed by atoms with Crippen molar-refractivity contribution in [2.75, 3.05) is 10.6 Å². The van der Waals surface area contributed by atoms with Crippen LogP contribution in [0.25, 0.3) is 5.69 Å². The number of hydrogen-bond donors (Lipinski definition) is 3. The number of benzene rings is 1. The number of nitrogens with zero attached hydrogens (tertiary/aromatic N) is 6. The number of tetrazole rings is 1. The molecule has 3 aromatic rings. The van der Waals surface area contributed by atoms with Crippen LogP contribution >= 0.6 is 0 Å². The molecule has 1 aliphatic rings. The van der Waals surface area contributed by atoms with E-state index in [0.717, 1.165) is 30.0 Å². The maximum absolute atomic E-state index is 6.19. The zero-order valence-electron chi connectivity index (χ0n) is 14.3. The van der Waals surface area contributed by atoms with Crippen molar-refractivity contribution in [2.24, 2.45) is 5.73 Å². The zero-order chi connectivity index (χ0) is 17.8. The van der Waals surface area contributed by atoms with Crippen molar-refractivity contribution in [2.45, 2.75) is 37.8 Å². The minimum atomic E-state index is 0.155. The van der Waals surface area contributed by atoms with E-state index in [1.165, 1.54) is 12.8 Å². The van der Waals surface area contributed by atoms with Crippen molar-refractivity contribution in [3.63, 3.8) is 0 Å².